The van der Waals surface area contributed by atoms with Crippen LogP contribution in [-0.2, 0) is 16.2 Å². The lowest BCUT2D eigenvalue weighted by Gasteiger charge is -2.35. The summed E-state index contributed by atoms with van der Waals surface area (Å²) in [5.41, 5.74) is 4.36. The minimum Gasteiger partial charge on any atom is -0.268 e. The predicted molar refractivity (Wildman–Crippen MR) is 175 cm³/mol. The SMILES string of the molecule is CC(C)(C)c1cccc(N2C(=O)c3ccc4c5c(ccc(c35)C2=O)C(=O)N(c2cc(C(C)(C)C)ccc2C(C)(C)C)C4=O)c1. The number of benzene rings is 4. The van der Waals surface area contributed by atoms with Crippen molar-refractivity contribution in [1.82, 2.24) is 0 Å². The molecule has 0 unspecified atom stereocenters. The van der Waals surface area contributed by atoms with E-state index >= 15 is 0 Å². The molecule has 0 N–H and O–H groups in total. The Kier molecular flexibility index (Phi) is 6.34. The molecule has 6 rings (SSSR count). The minimum absolute atomic E-state index is 0.178. The number of nitrogens with zero attached hydrogens (tertiary/aromatic N) is 2. The van der Waals surface area contributed by atoms with E-state index < -0.39 is 23.6 Å². The monoisotopic (exact) mass is 586 g/mol. The van der Waals surface area contributed by atoms with Crippen LogP contribution in [0.25, 0.3) is 10.8 Å². The van der Waals surface area contributed by atoms with Crippen LogP contribution in [0.4, 0.5) is 11.4 Å². The highest BCUT2D eigenvalue weighted by Crippen LogP contribution is 2.43. The molecule has 4 aromatic carbocycles. The summed E-state index contributed by atoms with van der Waals surface area (Å²) in [5, 5.41) is 0.722. The van der Waals surface area contributed by atoms with Crippen LogP contribution in [0.5, 0.6) is 0 Å². The number of anilines is 2. The zero-order valence-electron chi connectivity index (χ0n) is 26.9. The van der Waals surface area contributed by atoms with Crippen molar-refractivity contribution in [2.45, 2.75) is 78.6 Å². The molecule has 0 aromatic heterocycles. The Morgan fingerprint density at radius 3 is 1.32 bits per heavy atom. The Morgan fingerprint density at radius 1 is 0.455 bits per heavy atom. The molecular formula is C38H38N2O4. The molecule has 2 aliphatic rings. The maximum Gasteiger partial charge on any atom is 0.265 e. The summed E-state index contributed by atoms with van der Waals surface area (Å²) < 4.78 is 0. The first-order valence-electron chi connectivity index (χ1n) is 15.0. The summed E-state index contributed by atoms with van der Waals surface area (Å²) in [4.78, 5) is 59.0. The molecule has 2 heterocycles. The van der Waals surface area contributed by atoms with E-state index in [2.05, 4.69) is 68.4 Å². The normalized spacial score (nSPS) is 15.5. The van der Waals surface area contributed by atoms with Gasteiger partial charge in [-0.2, -0.15) is 0 Å². The van der Waals surface area contributed by atoms with Gasteiger partial charge in [-0.05, 0) is 75.4 Å². The number of rotatable bonds is 2. The molecule has 0 bridgehead atoms. The van der Waals surface area contributed by atoms with Crippen molar-refractivity contribution >= 4 is 45.8 Å². The Hall–Kier alpha value is -4.58. The third kappa shape index (κ3) is 4.38. The number of amides is 4. The molecule has 0 spiro atoms. The van der Waals surface area contributed by atoms with Crippen LogP contribution in [0.1, 0.15) is 120 Å². The van der Waals surface area contributed by atoms with Gasteiger partial charge in [0.2, 0.25) is 0 Å². The highest BCUT2D eigenvalue weighted by Gasteiger charge is 2.42. The molecule has 0 fully saturated rings. The fraction of sp³-hybridized carbons (Fsp3) is 0.316. The molecule has 224 valence electrons. The molecule has 0 radical (unpaired) electrons. The first-order valence-corrected chi connectivity index (χ1v) is 15.0. The van der Waals surface area contributed by atoms with E-state index in [-0.39, 0.29) is 16.2 Å². The van der Waals surface area contributed by atoms with Gasteiger partial charge in [0, 0.05) is 33.0 Å². The van der Waals surface area contributed by atoms with Crippen LogP contribution in [0.2, 0.25) is 0 Å². The molecule has 0 saturated carbocycles. The molecule has 0 atom stereocenters. The minimum atomic E-state index is -0.479. The van der Waals surface area contributed by atoms with Crippen LogP contribution in [0, 0.1) is 0 Å². The Labute approximate surface area is 258 Å². The Balaban J connectivity index is 1.53. The van der Waals surface area contributed by atoms with Gasteiger partial charge in [-0.15, -0.1) is 0 Å². The standard InChI is InChI=1S/C38H38N2O4/c1-36(2,3)21-11-10-12-23(19-21)39-32(41)24-14-16-26-31-27(17-15-25(30(24)31)33(39)42)35(44)40(34(26)43)29-20-22(37(4,5)6)13-18-28(29)38(7,8)9/h10-20H,1-9H3. The number of imide groups is 2. The molecule has 4 amide bonds. The van der Waals surface area contributed by atoms with Gasteiger partial charge in [-0.25, -0.2) is 9.80 Å². The molecule has 6 nitrogen and oxygen atoms in total. The quantitative estimate of drug-likeness (QED) is 0.221. The van der Waals surface area contributed by atoms with Gasteiger partial charge in [0.1, 0.15) is 0 Å². The second-order valence-corrected chi connectivity index (χ2v) is 15.0. The lowest BCUT2D eigenvalue weighted by atomic mass is 9.80. The van der Waals surface area contributed by atoms with Gasteiger partial charge in [0.05, 0.1) is 11.4 Å². The smallest absolute Gasteiger partial charge is 0.265 e. The average Bonchev–Trinajstić information content (AvgIpc) is 2.93. The van der Waals surface area contributed by atoms with Crippen molar-refractivity contribution in [1.29, 1.82) is 0 Å². The van der Waals surface area contributed by atoms with Gasteiger partial charge in [-0.1, -0.05) is 86.6 Å². The molecular weight excluding hydrogens is 548 g/mol. The summed E-state index contributed by atoms with van der Waals surface area (Å²) in [6.45, 7) is 18.7. The van der Waals surface area contributed by atoms with Gasteiger partial charge < -0.3 is 0 Å². The van der Waals surface area contributed by atoms with Crippen molar-refractivity contribution in [3.8, 4) is 0 Å². The van der Waals surface area contributed by atoms with Crippen molar-refractivity contribution in [3.63, 3.8) is 0 Å². The van der Waals surface area contributed by atoms with Crippen LogP contribution in [0.3, 0.4) is 0 Å². The lowest BCUT2D eigenvalue weighted by Crippen LogP contribution is -2.44. The third-order valence-electron chi connectivity index (χ3n) is 8.78. The lowest BCUT2D eigenvalue weighted by molar-refractivity contribution is 0.0872. The highest BCUT2D eigenvalue weighted by molar-refractivity contribution is 6.42. The van der Waals surface area contributed by atoms with Crippen LogP contribution in [0.15, 0.2) is 66.7 Å². The molecule has 0 saturated heterocycles. The van der Waals surface area contributed by atoms with Gasteiger partial charge in [0.15, 0.2) is 0 Å². The van der Waals surface area contributed by atoms with E-state index in [0.717, 1.165) is 16.7 Å². The van der Waals surface area contributed by atoms with Crippen LogP contribution < -0.4 is 9.80 Å². The Bertz CT molecular complexity index is 1880. The van der Waals surface area contributed by atoms with Crippen molar-refractivity contribution in [2.24, 2.45) is 0 Å². The van der Waals surface area contributed by atoms with Crippen LogP contribution >= 0.6 is 0 Å². The molecule has 0 aliphatic carbocycles. The largest absolute Gasteiger partial charge is 0.268 e. The summed E-state index contributed by atoms with van der Waals surface area (Å²) in [6.07, 6.45) is 0. The highest BCUT2D eigenvalue weighted by atomic mass is 16.2. The van der Waals surface area contributed by atoms with Crippen molar-refractivity contribution in [2.75, 3.05) is 9.80 Å². The van der Waals surface area contributed by atoms with Crippen molar-refractivity contribution < 1.29 is 19.2 Å². The summed E-state index contributed by atoms with van der Waals surface area (Å²) in [5.74, 6) is -1.90. The van der Waals surface area contributed by atoms with Crippen molar-refractivity contribution in [3.05, 3.63) is 106 Å². The number of carbonyl (C=O) groups excluding carboxylic acids is 4. The van der Waals surface area contributed by atoms with E-state index in [4.69, 9.17) is 0 Å². The number of carbonyl (C=O) groups is 4. The van der Waals surface area contributed by atoms with Crippen LogP contribution in [-0.4, -0.2) is 23.6 Å². The average molecular weight is 587 g/mol. The summed E-state index contributed by atoms with van der Waals surface area (Å²) in [7, 11) is 0. The summed E-state index contributed by atoms with van der Waals surface area (Å²) >= 11 is 0. The number of hydrogen-bond donors (Lipinski definition) is 0. The predicted octanol–water partition coefficient (Wildman–Crippen LogP) is 8.33. The van der Waals surface area contributed by atoms with Gasteiger partial charge in [0.25, 0.3) is 23.6 Å². The topological polar surface area (TPSA) is 74.8 Å². The van der Waals surface area contributed by atoms with E-state index in [1.807, 2.05) is 30.3 Å². The molecule has 2 aliphatic heterocycles. The second kappa shape index (κ2) is 9.46. The van der Waals surface area contributed by atoms with E-state index in [9.17, 15) is 19.2 Å². The van der Waals surface area contributed by atoms with Gasteiger partial charge >= 0.3 is 0 Å². The molecule has 6 heteroatoms. The first kappa shape index (κ1) is 29.5. The summed E-state index contributed by atoms with van der Waals surface area (Å²) in [6, 6.07) is 19.9. The van der Waals surface area contributed by atoms with E-state index in [0.29, 0.717) is 44.4 Å². The Morgan fingerprint density at radius 2 is 0.886 bits per heavy atom. The third-order valence-corrected chi connectivity index (χ3v) is 8.78. The molecule has 4 aromatic rings. The van der Waals surface area contributed by atoms with Gasteiger partial charge in [-0.3, -0.25) is 19.2 Å². The maximum atomic E-state index is 14.3. The zero-order chi connectivity index (χ0) is 32.1. The zero-order valence-corrected chi connectivity index (χ0v) is 26.9. The number of hydrogen-bond acceptors (Lipinski definition) is 4. The second-order valence-electron chi connectivity index (χ2n) is 15.0. The van der Waals surface area contributed by atoms with E-state index in [1.54, 1.807) is 30.3 Å². The first-order chi connectivity index (χ1) is 20.4. The fourth-order valence-electron chi connectivity index (χ4n) is 6.26. The molecule has 44 heavy (non-hydrogen) atoms. The van der Waals surface area contributed by atoms with E-state index in [1.165, 1.54) is 9.80 Å². The fourth-order valence-corrected chi connectivity index (χ4v) is 6.26. The maximum absolute atomic E-state index is 14.3.